The topological polar surface area (TPSA) is 134 Å². The first kappa shape index (κ1) is 21.4. The van der Waals surface area contributed by atoms with Gasteiger partial charge in [0.2, 0.25) is 11.8 Å². The second-order valence-corrected chi connectivity index (χ2v) is 6.04. The largest absolute Gasteiger partial charge is 0.466 e. The lowest BCUT2D eigenvalue weighted by Crippen LogP contribution is -2.35. The lowest BCUT2D eigenvalue weighted by molar-refractivity contribution is -0.143. The number of nitrogens with two attached hydrogens (primary N) is 1. The minimum absolute atomic E-state index is 0.0156. The molecule has 0 bridgehead atoms. The van der Waals surface area contributed by atoms with Crippen molar-refractivity contribution in [1.82, 2.24) is 5.32 Å². The second kappa shape index (κ2) is 10.4. The van der Waals surface area contributed by atoms with E-state index in [1.54, 1.807) is 19.9 Å². The molecule has 9 heteroatoms. The Labute approximate surface area is 156 Å². The molecule has 0 heterocycles. The summed E-state index contributed by atoms with van der Waals surface area (Å²) in [4.78, 5) is 35.1. The fourth-order valence-electron chi connectivity index (χ4n) is 2.13. The van der Waals surface area contributed by atoms with Crippen molar-refractivity contribution in [2.75, 3.05) is 11.9 Å². The van der Waals surface area contributed by atoms with Crippen molar-refractivity contribution in [3.05, 3.63) is 28.8 Å². The SMILES string of the molecule is CCOC(=O)CC(C)NC(=O)CCC(=O)Nc1ccc(C(=N)N)c(Cl)c1. The first-order valence-electron chi connectivity index (χ1n) is 8.11. The average Bonchev–Trinajstić information content (AvgIpc) is 2.52. The Balaban J connectivity index is 2.42. The number of nitrogens with one attached hydrogen (secondary N) is 3. The number of carbonyl (C=O) groups excluding carboxylic acids is 3. The maximum Gasteiger partial charge on any atom is 0.307 e. The van der Waals surface area contributed by atoms with Crippen molar-refractivity contribution in [3.63, 3.8) is 0 Å². The van der Waals surface area contributed by atoms with Crippen LogP contribution in [0.1, 0.15) is 38.7 Å². The van der Waals surface area contributed by atoms with Gasteiger partial charge in [0.25, 0.3) is 0 Å². The summed E-state index contributed by atoms with van der Waals surface area (Å²) < 4.78 is 4.81. The summed E-state index contributed by atoms with van der Waals surface area (Å²) >= 11 is 5.98. The van der Waals surface area contributed by atoms with Crippen LogP contribution >= 0.6 is 11.6 Å². The van der Waals surface area contributed by atoms with Crippen LogP contribution in [-0.2, 0) is 19.1 Å². The highest BCUT2D eigenvalue weighted by Crippen LogP contribution is 2.20. The van der Waals surface area contributed by atoms with Gasteiger partial charge in [-0.15, -0.1) is 0 Å². The van der Waals surface area contributed by atoms with Gasteiger partial charge < -0.3 is 21.1 Å². The van der Waals surface area contributed by atoms with E-state index in [0.717, 1.165) is 0 Å². The van der Waals surface area contributed by atoms with Gasteiger partial charge in [-0.2, -0.15) is 0 Å². The quantitative estimate of drug-likeness (QED) is 0.293. The number of amides is 2. The third-order valence-corrected chi connectivity index (χ3v) is 3.62. The molecule has 0 aromatic heterocycles. The van der Waals surface area contributed by atoms with Gasteiger partial charge >= 0.3 is 5.97 Å². The standard InChI is InChI=1S/C17H23ClN4O4/c1-3-26-16(25)8-10(2)21-14(23)6-7-15(24)22-11-4-5-12(17(19)20)13(18)9-11/h4-5,9-10H,3,6-8H2,1-2H3,(H3,19,20)(H,21,23)(H,22,24). The van der Waals surface area contributed by atoms with Gasteiger partial charge in [-0.1, -0.05) is 11.6 Å². The van der Waals surface area contributed by atoms with Crippen molar-refractivity contribution in [2.45, 2.75) is 39.2 Å². The monoisotopic (exact) mass is 382 g/mol. The van der Waals surface area contributed by atoms with E-state index in [1.807, 2.05) is 0 Å². The van der Waals surface area contributed by atoms with Crippen LogP contribution in [0.25, 0.3) is 0 Å². The Morgan fingerprint density at radius 3 is 2.50 bits per heavy atom. The molecule has 0 fully saturated rings. The van der Waals surface area contributed by atoms with Crippen molar-refractivity contribution in [1.29, 1.82) is 5.41 Å². The lowest BCUT2D eigenvalue weighted by Gasteiger charge is -2.13. The molecule has 0 aliphatic carbocycles. The fourth-order valence-corrected chi connectivity index (χ4v) is 2.41. The van der Waals surface area contributed by atoms with Crippen molar-refractivity contribution in [3.8, 4) is 0 Å². The van der Waals surface area contributed by atoms with Crippen LogP contribution in [-0.4, -0.2) is 36.3 Å². The molecule has 0 saturated heterocycles. The number of anilines is 1. The predicted octanol–water partition coefficient (Wildman–Crippen LogP) is 1.80. The molecular formula is C17H23ClN4O4. The van der Waals surface area contributed by atoms with Crippen LogP contribution < -0.4 is 16.4 Å². The molecule has 1 unspecified atom stereocenters. The van der Waals surface area contributed by atoms with Crippen molar-refractivity contribution >= 4 is 40.9 Å². The van der Waals surface area contributed by atoms with Crippen molar-refractivity contribution < 1.29 is 19.1 Å². The number of halogens is 1. The normalized spacial score (nSPS) is 11.3. The Hall–Kier alpha value is -2.61. The number of amidine groups is 1. The van der Waals surface area contributed by atoms with E-state index in [0.29, 0.717) is 11.3 Å². The molecule has 1 aromatic carbocycles. The van der Waals surface area contributed by atoms with Gasteiger partial charge in [-0.25, -0.2) is 0 Å². The maximum absolute atomic E-state index is 11.9. The van der Waals surface area contributed by atoms with Crippen LogP contribution in [0.15, 0.2) is 18.2 Å². The van der Waals surface area contributed by atoms with Crippen LogP contribution in [0.5, 0.6) is 0 Å². The first-order valence-corrected chi connectivity index (χ1v) is 8.49. The van der Waals surface area contributed by atoms with Crippen LogP contribution in [0, 0.1) is 5.41 Å². The molecule has 26 heavy (non-hydrogen) atoms. The summed E-state index contributed by atoms with van der Waals surface area (Å²) in [5.41, 5.74) is 6.19. The van der Waals surface area contributed by atoms with Crippen molar-refractivity contribution in [2.24, 2.45) is 5.73 Å². The Morgan fingerprint density at radius 1 is 1.27 bits per heavy atom. The van der Waals surface area contributed by atoms with E-state index < -0.39 is 0 Å². The minimum Gasteiger partial charge on any atom is -0.466 e. The molecule has 0 saturated carbocycles. The van der Waals surface area contributed by atoms with Gasteiger partial charge in [0.1, 0.15) is 5.84 Å². The number of hydrogen-bond acceptors (Lipinski definition) is 5. The molecule has 5 N–H and O–H groups in total. The van der Waals surface area contributed by atoms with Gasteiger partial charge in [0.05, 0.1) is 18.1 Å². The van der Waals surface area contributed by atoms with E-state index in [9.17, 15) is 14.4 Å². The number of nitrogen functional groups attached to an aromatic ring is 1. The van der Waals surface area contributed by atoms with Gasteiger partial charge in [-0.05, 0) is 32.0 Å². The number of esters is 1. The second-order valence-electron chi connectivity index (χ2n) is 5.63. The van der Waals surface area contributed by atoms with E-state index in [2.05, 4.69) is 10.6 Å². The summed E-state index contributed by atoms with van der Waals surface area (Å²) in [6.07, 6.45) is 0.0368. The molecule has 1 aromatic rings. The fraction of sp³-hybridized carbons (Fsp3) is 0.412. The van der Waals surface area contributed by atoms with Gasteiger partial charge in [0.15, 0.2) is 0 Å². The number of rotatable bonds is 9. The minimum atomic E-state index is -0.385. The summed E-state index contributed by atoms with van der Waals surface area (Å²) in [5, 5.41) is 12.9. The molecule has 0 radical (unpaired) electrons. The Kier molecular flexibility index (Phi) is 8.57. The van der Waals surface area contributed by atoms with E-state index in [-0.39, 0.29) is 60.6 Å². The molecule has 0 aliphatic heterocycles. The average molecular weight is 383 g/mol. The third-order valence-electron chi connectivity index (χ3n) is 3.31. The zero-order valence-electron chi connectivity index (χ0n) is 14.7. The third kappa shape index (κ3) is 7.52. The van der Waals surface area contributed by atoms with Crippen LogP contribution in [0.2, 0.25) is 5.02 Å². The molecule has 1 atom stereocenters. The highest BCUT2D eigenvalue weighted by Gasteiger charge is 2.14. The molecule has 0 aliphatic rings. The van der Waals surface area contributed by atoms with Crippen LogP contribution in [0.4, 0.5) is 5.69 Å². The number of ether oxygens (including phenoxy) is 1. The van der Waals surface area contributed by atoms with Gasteiger partial charge in [0, 0.05) is 30.1 Å². The lowest BCUT2D eigenvalue weighted by atomic mass is 10.2. The first-order chi connectivity index (χ1) is 12.2. The molecule has 142 valence electrons. The molecule has 2 amide bonds. The maximum atomic E-state index is 11.9. The smallest absolute Gasteiger partial charge is 0.307 e. The molecule has 1 rings (SSSR count). The Bertz CT molecular complexity index is 693. The highest BCUT2D eigenvalue weighted by atomic mass is 35.5. The molecular weight excluding hydrogens is 360 g/mol. The van der Waals surface area contributed by atoms with E-state index >= 15 is 0 Å². The number of carbonyl (C=O) groups is 3. The number of benzene rings is 1. The van der Waals surface area contributed by atoms with E-state index in [1.165, 1.54) is 12.1 Å². The van der Waals surface area contributed by atoms with Gasteiger partial charge in [-0.3, -0.25) is 19.8 Å². The summed E-state index contributed by atoms with van der Waals surface area (Å²) in [6, 6.07) is 4.21. The summed E-state index contributed by atoms with van der Waals surface area (Å²) in [7, 11) is 0. The highest BCUT2D eigenvalue weighted by molar-refractivity contribution is 6.34. The number of hydrogen-bond donors (Lipinski definition) is 4. The molecule has 0 spiro atoms. The van der Waals surface area contributed by atoms with E-state index in [4.69, 9.17) is 27.5 Å². The summed E-state index contributed by atoms with van der Waals surface area (Å²) in [5.74, 6) is -1.24. The van der Waals surface area contributed by atoms with Crippen LogP contribution in [0.3, 0.4) is 0 Å². The zero-order chi connectivity index (χ0) is 19.7. The Morgan fingerprint density at radius 2 is 1.92 bits per heavy atom. The predicted molar refractivity (Wildman–Crippen MR) is 99.2 cm³/mol. The zero-order valence-corrected chi connectivity index (χ0v) is 15.5. The molecule has 8 nitrogen and oxygen atoms in total. The summed E-state index contributed by atoms with van der Waals surface area (Å²) in [6.45, 7) is 3.69.